The maximum Gasteiger partial charge on any atom is 0.262 e. The maximum atomic E-state index is 12.8. The van der Waals surface area contributed by atoms with Gasteiger partial charge in [0.15, 0.2) is 0 Å². The van der Waals surface area contributed by atoms with Gasteiger partial charge in [0.05, 0.1) is 18.8 Å². The number of carbonyl (C=O) groups is 1. The average molecular weight is 493 g/mol. The second-order valence-electron chi connectivity index (χ2n) is 10.9. The van der Waals surface area contributed by atoms with Crippen molar-refractivity contribution in [2.24, 2.45) is 0 Å². The molecule has 2 aromatic carbocycles. The number of morpholine rings is 1. The third-order valence-corrected chi connectivity index (χ3v) is 6.12. The first kappa shape index (κ1) is 27.7. The molecule has 0 atom stereocenters. The minimum atomic E-state index is -0.493. The summed E-state index contributed by atoms with van der Waals surface area (Å²) in [6.45, 7) is 15.9. The quantitative estimate of drug-likeness (QED) is 0.373. The lowest BCUT2D eigenvalue weighted by Crippen LogP contribution is -2.45. The molecule has 0 radical (unpaired) electrons. The van der Waals surface area contributed by atoms with Crippen molar-refractivity contribution in [1.82, 2.24) is 10.2 Å². The van der Waals surface area contributed by atoms with Gasteiger partial charge in [0, 0.05) is 44.0 Å². The molecular weight excluding hydrogens is 452 g/mol. The van der Waals surface area contributed by atoms with E-state index in [0.29, 0.717) is 13.0 Å². The molecule has 0 bridgehead atoms. The lowest BCUT2D eigenvalue weighted by Gasteiger charge is -2.28. The van der Waals surface area contributed by atoms with Crippen molar-refractivity contribution >= 4 is 28.4 Å². The first-order valence-corrected chi connectivity index (χ1v) is 12.7. The molecule has 0 aromatic heterocycles. The number of fused-ring (bicyclic) bond motifs is 1. The lowest BCUT2D eigenvalue weighted by atomic mass is 9.99. The van der Waals surface area contributed by atoms with Gasteiger partial charge in [0.2, 0.25) is 0 Å². The van der Waals surface area contributed by atoms with Crippen LogP contribution in [-0.4, -0.2) is 67.9 Å². The Balaban J connectivity index is 1.60. The summed E-state index contributed by atoms with van der Waals surface area (Å²) in [5, 5.41) is 18.3. The van der Waals surface area contributed by atoms with Crippen molar-refractivity contribution in [3.8, 4) is 6.07 Å². The van der Waals surface area contributed by atoms with E-state index in [9.17, 15) is 10.1 Å². The van der Waals surface area contributed by atoms with Gasteiger partial charge in [-0.2, -0.15) is 5.26 Å². The van der Waals surface area contributed by atoms with Gasteiger partial charge >= 0.3 is 0 Å². The predicted molar refractivity (Wildman–Crippen MR) is 146 cm³/mol. The van der Waals surface area contributed by atoms with E-state index in [2.05, 4.69) is 39.8 Å². The van der Waals surface area contributed by atoms with Crippen LogP contribution < -0.4 is 10.6 Å². The summed E-state index contributed by atoms with van der Waals surface area (Å²) in [7, 11) is 0. The number of nitriles is 1. The number of benzene rings is 2. The highest BCUT2D eigenvalue weighted by molar-refractivity contribution is 6.02. The molecule has 1 heterocycles. The molecule has 1 aliphatic heterocycles. The number of amides is 1. The maximum absolute atomic E-state index is 12.8. The van der Waals surface area contributed by atoms with Crippen molar-refractivity contribution in [3.05, 3.63) is 47.5 Å². The van der Waals surface area contributed by atoms with Crippen LogP contribution in [0, 0.1) is 11.3 Å². The zero-order chi connectivity index (χ0) is 26.2. The lowest BCUT2D eigenvalue weighted by molar-refractivity contribution is -0.118. The Bertz CT molecular complexity index is 1110. The molecule has 7 nitrogen and oxygen atoms in total. The first-order chi connectivity index (χ1) is 17.0. The number of carbonyl (C=O) groups excluding carboxylic acids is 1. The summed E-state index contributed by atoms with van der Waals surface area (Å²) >= 11 is 0. The van der Waals surface area contributed by atoms with Crippen molar-refractivity contribution in [2.75, 3.05) is 51.3 Å². The van der Waals surface area contributed by atoms with E-state index < -0.39 is 5.54 Å². The molecule has 0 spiro atoms. The number of ether oxygens (including phenoxy) is 2. The second kappa shape index (κ2) is 12.4. The zero-order valence-electron chi connectivity index (χ0n) is 22.3. The molecule has 1 amide bonds. The summed E-state index contributed by atoms with van der Waals surface area (Å²) in [4.78, 5) is 15.2. The molecule has 3 rings (SSSR count). The largest absolute Gasteiger partial charge is 0.384 e. The number of nitrogens with zero attached hydrogens (tertiary/aromatic N) is 2. The van der Waals surface area contributed by atoms with E-state index in [1.807, 2.05) is 52.8 Å². The fourth-order valence-corrected chi connectivity index (χ4v) is 4.01. The van der Waals surface area contributed by atoms with Crippen LogP contribution in [0.15, 0.2) is 42.0 Å². The smallest absolute Gasteiger partial charge is 0.262 e. The van der Waals surface area contributed by atoms with Crippen LogP contribution in [-0.2, 0) is 14.3 Å². The fourth-order valence-electron chi connectivity index (χ4n) is 4.01. The molecule has 0 saturated carbocycles. The van der Waals surface area contributed by atoms with E-state index in [-0.39, 0.29) is 17.1 Å². The highest BCUT2D eigenvalue weighted by Gasteiger charge is 2.23. The van der Waals surface area contributed by atoms with Gasteiger partial charge in [0.25, 0.3) is 5.91 Å². The normalized spacial score (nSPS) is 15.5. The topological polar surface area (TPSA) is 86.6 Å². The van der Waals surface area contributed by atoms with Crippen molar-refractivity contribution < 1.29 is 14.3 Å². The molecule has 1 saturated heterocycles. The molecule has 0 aliphatic carbocycles. The Kier molecular flexibility index (Phi) is 9.49. The van der Waals surface area contributed by atoms with Gasteiger partial charge in [-0.05, 0) is 81.7 Å². The van der Waals surface area contributed by atoms with E-state index >= 15 is 0 Å². The second-order valence-corrected chi connectivity index (χ2v) is 10.9. The molecule has 2 aromatic rings. The van der Waals surface area contributed by atoms with Crippen molar-refractivity contribution in [1.29, 1.82) is 5.26 Å². The third-order valence-electron chi connectivity index (χ3n) is 6.12. The van der Waals surface area contributed by atoms with Crippen LogP contribution in [0.1, 0.15) is 46.6 Å². The van der Waals surface area contributed by atoms with E-state index in [4.69, 9.17) is 9.47 Å². The molecule has 0 unspecified atom stereocenters. The highest BCUT2D eigenvalue weighted by Crippen LogP contribution is 2.22. The van der Waals surface area contributed by atoms with Crippen LogP contribution in [0.3, 0.4) is 0 Å². The third kappa shape index (κ3) is 8.94. The fraction of sp³-hybridized carbons (Fsp3) is 0.517. The zero-order valence-corrected chi connectivity index (χ0v) is 22.3. The van der Waals surface area contributed by atoms with Gasteiger partial charge < -0.3 is 20.1 Å². The van der Waals surface area contributed by atoms with E-state index in [1.54, 1.807) is 6.08 Å². The molecule has 36 heavy (non-hydrogen) atoms. The molecule has 2 N–H and O–H groups in total. The minimum absolute atomic E-state index is 0.0839. The number of anilines is 1. The molecular formula is C29H40N4O3. The Morgan fingerprint density at radius 1 is 1.11 bits per heavy atom. The number of hydrogen-bond donors (Lipinski definition) is 2. The molecule has 1 aliphatic rings. The Hall–Kier alpha value is -2.92. The summed E-state index contributed by atoms with van der Waals surface area (Å²) in [6, 6.07) is 14.3. The van der Waals surface area contributed by atoms with E-state index in [0.717, 1.165) is 61.4 Å². The number of hydrogen-bond acceptors (Lipinski definition) is 6. The van der Waals surface area contributed by atoms with Gasteiger partial charge in [-0.15, -0.1) is 0 Å². The summed E-state index contributed by atoms with van der Waals surface area (Å²) in [6.07, 6.45) is 2.29. The van der Waals surface area contributed by atoms with Gasteiger partial charge in [-0.1, -0.05) is 18.2 Å². The van der Waals surface area contributed by atoms with Gasteiger partial charge in [-0.3, -0.25) is 9.69 Å². The summed E-state index contributed by atoms with van der Waals surface area (Å²) < 4.78 is 11.2. The Morgan fingerprint density at radius 3 is 2.50 bits per heavy atom. The first-order valence-electron chi connectivity index (χ1n) is 12.7. The number of nitrogens with one attached hydrogen (secondary N) is 2. The van der Waals surface area contributed by atoms with Crippen LogP contribution in [0.4, 0.5) is 5.69 Å². The van der Waals surface area contributed by atoms with Crippen molar-refractivity contribution in [3.63, 3.8) is 0 Å². The summed E-state index contributed by atoms with van der Waals surface area (Å²) in [5.41, 5.74) is 1.26. The minimum Gasteiger partial charge on any atom is -0.384 e. The van der Waals surface area contributed by atoms with Gasteiger partial charge in [0.1, 0.15) is 11.6 Å². The standard InChI is InChI=1S/C29H40N4O3/c1-28(2,3)36-15-10-29(4,5)32-27(34)25(21-30)19-22-6-7-24-20-26(9-8-23(24)18-22)31-11-12-33-13-16-35-17-14-33/h6-9,18-20,31H,10-17H2,1-5H3,(H,32,34)/b25-19+. The van der Waals surface area contributed by atoms with E-state index in [1.165, 1.54) is 0 Å². The average Bonchev–Trinajstić information content (AvgIpc) is 2.81. The van der Waals surface area contributed by atoms with Gasteiger partial charge in [-0.25, -0.2) is 0 Å². The van der Waals surface area contributed by atoms with Crippen LogP contribution >= 0.6 is 0 Å². The van der Waals surface area contributed by atoms with Crippen molar-refractivity contribution in [2.45, 2.75) is 52.2 Å². The molecule has 194 valence electrons. The SMILES string of the molecule is CC(C)(CCOC(C)(C)C)NC(=O)/C(C#N)=C/c1ccc2cc(NCCN3CCOCC3)ccc2c1. The molecule has 7 heteroatoms. The predicted octanol–water partition coefficient (Wildman–Crippen LogP) is 4.59. The Labute approximate surface area is 215 Å². The number of rotatable bonds is 10. The van der Waals surface area contributed by atoms with Crippen LogP contribution in [0.25, 0.3) is 16.8 Å². The highest BCUT2D eigenvalue weighted by atomic mass is 16.5. The van der Waals surface area contributed by atoms with Crippen LogP contribution in [0.5, 0.6) is 0 Å². The molecule has 1 fully saturated rings. The Morgan fingerprint density at radius 2 is 1.81 bits per heavy atom. The summed E-state index contributed by atoms with van der Waals surface area (Å²) in [5.74, 6) is -0.377. The monoisotopic (exact) mass is 492 g/mol. The van der Waals surface area contributed by atoms with Crippen LogP contribution in [0.2, 0.25) is 0 Å².